The van der Waals surface area contributed by atoms with Crippen molar-refractivity contribution in [2.45, 2.75) is 12.5 Å². The number of hydrogen-bond donors (Lipinski definition) is 1. The zero-order valence-corrected chi connectivity index (χ0v) is 13.1. The maximum atomic E-state index is 12.7. The second-order valence-corrected chi connectivity index (χ2v) is 6.01. The molecule has 0 fully saturated rings. The molecule has 5 heteroatoms. The predicted octanol–water partition coefficient (Wildman–Crippen LogP) is 2.54. The Kier molecular flexibility index (Phi) is 4.03. The molecule has 2 heterocycles. The summed E-state index contributed by atoms with van der Waals surface area (Å²) in [5.41, 5.74) is 8.96. The summed E-state index contributed by atoms with van der Waals surface area (Å²) in [4.78, 5) is 18.7. The highest BCUT2D eigenvalue weighted by Gasteiger charge is 2.30. The third kappa shape index (κ3) is 2.71. The third-order valence-corrected chi connectivity index (χ3v) is 4.28. The van der Waals surface area contributed by atoms with Crippen LogP contribution in [0.1, 0.15) is 27.5 Å². The van der Waals surface area contributed by atoms with Gasteiger partial charge in [-0.25, -0.2) is 0 Å². The third-order valence-electron chi connectivity index (χ3n) is 3.85. The van der Waals surface area contributed by atoms with Crippen LogP contribution in [0.2, 0.25) is 0 Å². The molecule has 1 atom stereocenters. The van der Waals surface area contributed by atoms with Crippen molar-refractivity contribution in [3.8, 4) is 0 Å². The molecule has 21 heavy (non-hydrogen) atoms. The number of carbonyl (C=O) groups excluding carboxylic acids is 1. The minimum Gasteiger partial charge on any atom is -0.330 e. The highest BCUT2D eigenvalue weighted by molar-refractivity contribution is 9.10. The fourth-order valence-corrected chi connectivity index (χ4v) is 3.21. The second-order valence-electron chi connectivity index (χ2n) is 5.09. The van der Waals surface area contributed by atoms with Crippen molar-refractivity contribution in [2.75, 3.05) is 13.1 Å². The Morgan fingerprint density at radius 3 is 2.95 bits per heavy atom. The predicted molar refractivity (Wildman–Crippen MR) is 84.9 cm³/mol. The molecule has 0 aliphatic carbocycles. The average Bonchev–Trinajstić information content (AvgIpc) is 2.53. The summed E-state index contributed by atoms with van der Waals surface area (Å²) in [6.45, 7) is 1.11. The van der Waals surface area contributed by atoms with Gasteiger partial charge in [0.15, 0.2) is 0 Å². The number of halogens is 1. The summed E-state index contributed by atoms with van der Waals surface area (Å²) in [5.74, 6) is -0.0197. The first-order valence-corrected chi connectivity index (χ1v) is 7.69. The van der Waals surface area contributed by atoms with E-state index in [1.165, 1.54) is 5.56 Å². The number of aromatic nitrogens is 1. The molecule has 0 spiro atoms. The first-order chi connectivity index (χ1) is 10.2. The number of pyridine rings is 1. The number of carbonyl (C=O) groups is 1. The summed E-state index contributed by atoms with van der Waals surface area (Å²) in [5, 5.41) is 0. The van der Waals surface area contributed by atoms with Gasteiger partial charge in [-0.2, -0.15) is 0 Å². The number of rotatable bonds is 2. The molecule has 1 aromatic heterocycles. The largest absolute Gasteiger partial charge is 0.330 e. The molecule has 0 saturated heterocycles. The van der Waals surface area contributed by atoms with Crippen molar-refractivity contribution in [2.24, 2.45) is 5.73 Å². The summed E-state index contributed by atoms with van der Waals surface area (Å²) in [6.07, 6.45) is 4.13. The first kappa shape index (κ1) is 14.2. The van der Waals surface area contributed by atoms with Gasteiger partial charge in [0.2, 0.25) is 0 Å². The Bertz CT molecular complexity index is 674. The van der Waals surface area contributed by atoms with Gasteiger partial charge in [-0.1, -0.05) is 24.3 Å². The van der Waals surface area contributed by atoms with Crippen LogP contribution in [-0.2, 0) is 6.42 Å². The Labute approximate surface area is 132 Å². The lowest BCUT2D eigenvalue weighted by atomic mass is 9.92. The van der Waals surface area contributed by atoms with Crippen LogP contribution in [0.25, 0.3) is 0 Å². The number of fused-ring (bicyclic) bond motifs is 1. The van der Waals surface area contributed by atoms with Crippen molar-refractivity contribution in [1.29, 1.82) is 0 Å². The van der Waals surface area contributed by atoms with Gasteiger partial charge in [0, 0.05) is 30.0 Å². The van der Waals surface area contributed by atoms with Gasteiger partial charge in [0.25, 0.3) is 5.91 Å². The van der Waals surface area contributed by atoms with E-state index in [0.29, 0.717) is 18.7 Å². The maximum Gasteiger partial charge on any atom is 0.256 e. The van der Waals surface area contributed by atoms with Crippen LogP contribution in [-0.4, -0.2) is 28.9 Å². The highest BCUT2D eigenvalue weighted by Crippen LogP contribution is 2.30. The number of amides is 1. The molecular weight excluding hydrogens is 330 g/mol. The van der Waals surface area contributed by atoms with E-state index in [1.54, 1.807) is 18.5 Å². The Hall–Kier alpha value is -1.72. The van der Waals surface area contributed by atoms with Crippen LogP contribution >= 0.6 is 15.9 Å². The van der Waals surface area contributed by atoms with Crippen LogP contribution in [0.3, 0.4) is 0 Å². The monoisotopic (exact) mass is 345 g/mol. The SMILES string of the molecule is NCC1c2ccccc2CCN1C(=O)c1cncc(Br)c1. The molecule has 1 unspecified atom stereocenters. The fraction of sp³-hybridized carbons (Fsp3) is 0.250. The number of hydrogen-bond acceptors (Lipinski definition) is 3. The summed E-state index contributed by atoms with van der Waals surface area (Å²) in [7, 11) is 0. The van der Waals surface area contributed by atoms with E-state index in [9.17, 15) is 4.79 Å². The molecule has 108 valence electrons. The van der Waals surface area contributed by atoms with Gasteiger partial charge in [-0.15, -0.1) is 0 Å². The maximum absolute atomic E-state index is 12.7. The van der Waals surface area contributed by atoms with Gasteiger partial charge >= 0.3 is 0 Å². The van der Waals surface area contributed by atoms with E-state index < -0.39 is 0 Å². The fourth-order valence-electron chi connectivity index (χ4n) is 2.84. The summed E-state index contributed by atoms with van der Waals surface area (Å²) < 4.78 is 0.801. The van der Waals surface area contributed by atoms with Gasteiger partial charge < -0.3 is 10.6 Å². The second kappa shape index (κ2) is 5.95. The van der Waals surface area contributed by atoms with Gasteiger partial charge in [0.1, 0.15) is 0 Å². The molecule has 0 bridgehead atoms. The number of nitrogens with two attached hydrogens (primary N) is 1. The molecule has 0 radical (unpaired) electrons. The van der Waals surface area contributed by atoms with E-state index in [2.05, 4.69) is 33.0 Å². The molecule has 2 aromatic rings. The van der Waals surface area contributed by atoms with Crippen LogP contribution < -0.4 is 5.73 Å². The van der Waals surface area contributed by atoms with Gasteiger partial charge in [-0.3, -0.25) is 9.78 Å². The topological polar surface area (TPSA) is 59.2 Å². The van der Waals surface area contributed by atoms with Crippen LogP contribution in [0, 0.1) is 0 Å². The molecular formula is C16H16BrN3O. The highest BCUT2D eigenvalue weighted by atomic mass is 79.9. The van der Waals surface area contributed by atoms with E-state index in [-0.39, 0.29) is 11.9 Å². The van der Waals surface area contributed by atoms with Gasteiger partial charge in [-0.05, 0) is 39.5 Å². The Morgan fingerprint density at radius 2 is 2.19 bits per heavy atom. The molecule has 1 aliphatic rings. The van der Waals surface area contributed by atoms with Crippen molar-refractivity contribution in [3.63, 3.8) is 0 Å². The molecule has 1 aliphatic heterocycles. The Balaban J connectivity index is 1.94. The number of nitrogens with zero attached hydrogens (tertiary/aromatic N) is 2. The van der Waals surface area contributed by atoms with E-state index in [0.717, 1.165) is 16.5 Å². The van der Waals surface area contributed by atoms with Crippen molar-refractivity contribution >= 4 is 21.8 Å². The van der Waals surface area contributed by atoms with E-state index >= 15 is 0 Å². The molecule has 0 saturated carbocycles. The normalized spacial score (nSPS) is 17.4. The minimum atomic E-state index is -0.0681. The molecule has 4 nitrogen and oxygen atoms in total. The standard InChI is InChI=1S/C16H16BrN3O/c17-13-7-12(9-19-10-13)16(21)20-6-5-11-3-1-2-4-14(11)15(20)8-18/h1-4,7,9-10,15H,5-6,8,18H2. The van der Waals surface area contributed by atoms with Crippen LogP contribution in [0.15, 0.2) is 47.2 Å². The van der Waals surface area contributed by atoms with Crippen molar-refractivity contribution in [3.05, 3.63) is 63.9 Å². The molecule has 1 aromatic carbocycles. The molecule has 2 N–H and O–H groups in total. The molecule has 1 amide bonds. The zero-order valence-electron chi connectivity index (χ0n) is 11.5. The van der Waals surface area contributed by atoms with Crippen molar-refractivity contribution in [1.82, 2.24) is 9.88 Å². The Morgan fingerprint density at radius 1 is 1.38 bits per heavy atom. The van der Waals surface area contributed by atoms with Crippen LogP contribution in [0.5, 0.6) is 0 Å². The summed E-state index contributed by atoms with van der Waals surface area (Å²) >= 11 is 3.35. The summed E-state index contributed by atoms with van der Waals surface area (Å²) in [6, 6.07) is 9.93. The zero-order chi connectivity index (χ0) is 14.8. The molecule has 3 rings (SSSR count). The first-order valence-electron chi connectivity index (χ1n) is 6.90. The van der Waals surface area contributed by atoms with E-state index in [1.807, 2.05) is 17.0 Å². The lowest BCUT2D eigenvalue weighted by Crippen LogP contribution is -2.43. The van der Waals surface area contributed by atoms with E-state index in [4.69, 9.17) is 5.73 Å². The smallest absolute Gasteiger partial charge is 0.256 e. The van der Waals surface area contributed by atoms with Crippen LogP contribution in [0.4, 0.5) is 0 Å². The lowest BCUT2D eigenvalue weighted by Gasteiger charge is -2.36. The van der Waals surface area contributed by atoms with Crippen molar-refractivity contribution < 1.29 is 4.79 Å². The number of benzene rings is 1. The minimum absolute atomic E-state index is 0.0197. The lowest BCUT2D eigenvalue weighted by molar-refractivity contribution is 0.0667. The van der Waals surface area contributed by atoms with Gasteiger partial charge in [0.05, 0.1) is 11.6 Å². The average molecular weight is 346 g/mol. The quantitative estimate of drug-likeness (QED) is 0.909.